The van der Waals surface area contributed by atoms with Gasteiger partial charge in [-0.05, 0) is 42.8 Å². The molecule has 5 rings (SSSR count). The number of hydrogen-bond acceptors (Lipinski definition) is 8. The van der Waals surface area contributed by atoms with E-state index in [-0.39, 0.29) is 48.0 Å². The SMILES string of the molecule is CCOC(=O)c1cnn(C)c1NC(=O)c1ccc2c(c1)C(=O)N(Cc1ccc3c(c1)OCO3)C2=O. The summed E-state index contributed by atoms with van der Waals surface area (Å²) in [5, 5.41) is 6.63. The summed E-state index contributed by atoms with van der Waals surface area (Å²) in [5.74, 6) is -0.848. The van der Waals surface area contributed by atoms with Crippen molar-refractivity contribution in [2.45, 2.75) is 13.5 Å². The molecule has 0 spiro atoms. The van der Waals surface area contributed by atoms with Gasteiger partial charge in [-0.1, -0.05) is 6.07 Å². The average molecular weight is 476 g/mol. The van der Waals surface area contributed by atoms with Gasteiger partial charge >= 0.3 is 5.97 Å². The highest BCUT2D eigenvalue weighted by molar-refractivity contribution is 6.22. The smallest absolute Gasteiger partial charge is 0.343 e. The highest BCUT2D eigenvalue weighted by Gasteiger charge is 2.36. The van der Waals surface area contributed by atoms with Gasteiger partial charge in [-0.3, -0.25) is 24.0 Å². The second-order valence-corrected chi connectivity index (χ2v) is 7.85. The first-order valence-corrected chi connectivity index (χ1v) is 10.8. The fourth-order valence-electron chi connectivity index (χ4n) is 3.92. The molecule has 11 nitrogen and oxygen atoms in total. The van der Waals surface area contributed by atoms with Gasteiger partial charge in [-0.25, -0.2) is 4.79 Å². The predicted octanol–water partition coefficient (Wildman–Crippen LogP) is 2.37. The molecule has 0 radical (unpaired) electrons. The number of nitrogens with one attached hydrogen (secondary N) is 1. The maximum Gasteiger partial charge on any atom is 0.343 e. The Morgan fingerprint density at radius 3 is 2.63 bits per heavy atom. The van der Waals surface area contributed by atoms with Crippen molar-refractivity contribution in [1.29, 1.82) is 0 Å². The van der Waals surface area contributed by atoms with Crippen LogP contribution < -0.4 is 14.8 Å². The molecule has 0 atom stereocenters. The maximum absolute atomic E-state index is 13.0. The van der Waals surface area contributed by atoms with Gasteiger partial charge in [0.15, 0.2) is 11.5 Å². The number of carbonyl (C=O) groups is 4. The quantitative estimate of drug-likeness (QED) is 0.424. The van der Waals surface area contributed by atoms with Crippen LogP contribution >= 0.6 is 0 Å². The van der Waals surface area contributed by atoms with Crippen LogP contribution in [-0.4, -0.2) is 51.8 Å². The summed E-state index contributed by atoms with van der Waals surface area (Å²) in [5.41, 5.74) is 1.28. The third-order valence-electron chi connectivity index (χ3n) is 5.68. The predicted molar refractivity (Wildman–Crippen MR) is 120 cm³/mol. The first-order valence-electron chi connectivity index (χ1n) is 10.8. The molecule has 1 aromatic heterocycles. The van der Waals surface area contributed by atoms with Crippen LogP contribution in [0.5, 0.6) is 11.5 Å². The highest BCUT2D eigenvalue weighted by atomic mass is 16.7. The van der Waals surface area contributed by atoms with E-state index in [0.717, 1.165) is 4.90 Å². The zero-order valence-corrected chi connectivity index (χ0v) is 18.9. The molecule has 0 saturated carbocycles. The molecule has 0 aliphatic carbocycles. The molecule has 2 aromatic carbocycles. The molecule has 0 unspecified atom stereocenters. The number of anilines is 1. The van der Waals surface area contributed by atoms with Crippen LogP contribution in [0.15, 0.2) is 42.6 Å². The van der Waals surface area contributed by atoms with E-state index in [2.05, 4.69) is 10.4 Å². The summed E-state index contributed by atoms with van der Waals surface area (Å²) in [6, 6.07) is 9.46. The van der Waals surface area contributed by atoms with Crippen LogP contribution in [0.1, 0.15) is 53.9 Å². The third kappa shape index (κ3) is 3.86. The van der Waals surface area contributed by atoms with Crippen LogP contribution in [-0.2, 0) is 18.3 Å². The summed E-state index contributed by atoms with van der Waals surface area (Å²) < 4.78 is 17.0. The number of aromatic nitrogens is 2. The number of esters is 1. The second kappa shape index (κ2) is 8.60. The maximum atomic E-state index is 13.0. The van der Waals surface area contributed by atoms with Crippen LogP contribution in [0.25, 0.3) is 0 Å². The van der Waals surface area contributed by atoms with E-state index in [1.165, 1.54) is 29.1 Å². The minimum atomic E-state index is -0.621. The lowest BCUT2D eigenvalue weighted by Crippen LogP contribution is -2.29. The van der Waals surface area contributed by atoms with Gasteiger partial charge in [0.2, 0.25) is 6.79 Å². The molecule has 3 amide bonds. The first-order chi connectivity index (χ1) is 16.9. The van der Waals surface area contributed by atoms with Gasteiger partial charge in [-0.15, -0.1) is 0 Å². The van der Waals surface area contributed by atoms with Crippen molar-refractivity contribution in [3.63, 3.8) is 0 Å². The zero-order chi connectivity index (χ0) is 24.7. The second-order valence-electron chi connectivity index (χ2n) is 7.85. The van der Waals surface area contributed by atoms with E-state index in [9.17, 15) is 19.2 Å². The van der Waals surface area contributed by atoms with Crippen LogP contribution in [0.3, 0.4) is 0 Å². The van der Waals surface area contributed by atoms with Crippen molar-refractivity contribution in [3.05, 3.63) is 70.4 Å². The number of aryl methyl sites for hydroxylation is 1. The molecule has 2 aliphatic rings. The van der Waals surface area contributed by atoms with Gasteiger partial charge < -0.3 is 19.5 Å². The van der Waals surface area contributed by atoms with E-state index in [4.69, 9.17) is 14.2 Å². The molecule has 11 heteroatoms. The summed E-state index contributed by atoms with van der Waals surface area (Å²) in [7, 11) is 1.57. The Balaban J connectivity index is 1.36. The van der Waals surface area contributed by atoms with E-state index < -0.39 is 23.7 Å². The third-order valence-corrected chi connectivity index (χ3v) is 5.68. The van der Waals surface area contributed by atoms with Gasteiger partial charge in [0, 0.05) is 12.6 Å². The fraction of sp³-hybridized carbons (Fsp3) is 0.208. The number of amides is 3. The average Bonchev–Trinajstić information content (AvgIpc) is 3.53. The standard InChI is InChI=1S/C24H20N4O7/c1-3-33-24(32)17-10-25-27(2)20(17)26-21(29)14-5-6-15-16(9-14)23(31)28(22(15)30)11-13-4-7-18-19(8-13)35-12-34-18/h4-10H,3,11-12H2,1-2H3,(H,26,29). The minimum Gasteiger partial charge on any atom is -0.462 e. The Kier molecular flexibility index (Phi) is 5.44. The molecular formula is C24H20N4O7. The lowest BCUT2D eigenvalue weighted by molar-refractivity contribution is 0.0526. The highest BCUT2D eigenvalue weighted by Crippen LogP contribution is 2.34. The number of imide groups is 1. The van der Waals surface area contributed by atoms with Gasteiger partial charge in [-0.2, -0.15) is 5.10 Å². The van der Waals surface area contributed by atoms with Crippen molar-refractivity contribution >= 4 is 29.5 Å². The number of hydrogen-bond donors (Lipinski definition) is 1. The molecule has 0 bridgehead atoms. The molecule has 2 aliphatic heterocycles. The Morgan fingerprint density at radius 1 is 1.06 bits per heavy atom. The summed E-state index contributed by atoms with van der Waals surface area (Å²) in [6.07, 6.45) is 1.30. The van der Waals surface area contributed by atoms with Crippen LogP contribution in [0.2, 0.25) is 0 Å². The lowest BCUT2D eigenvalue weighted by atomic mass is 10.1. The Labute approximate surface area is 199 Å². The van der Waals surface area contributed by atoms with Crippen molar-refractivity contribution in [1.82, 2.24) is 14.7 Å². The molecule has 0 saturated heterocycles. The largest absolute Gasteiger partial charge is 0.462 e. The Bertz CT molecular complexity index is 1390. The number of fused-ring (bicyclic) bond motifs is 2. The zero-order valence-electron chi connectivity index (χ0n) is 18.9. The number of ether oxygens (including phenoxy) is 3. The summed E-state index contributed by atoms with van der Waals surface area (Å²) in [6.45, 7) is 2.01. The first kappa shape index (κ1) is 22.1. The molecule has 35 heavy (non-hydrogen) atoms. The van der Waals surface area contributed by atoms with E-state index in [0.29, 0.717) is 17.1 Å². The number of benzene rings is 2. The number of rotatable bonds is 6. The fourth-order valence-corrected chi connectivity index (χ4v) is 3.92. The van der Waals surface area contributed by atoms with Crippen molar-refractivity contribution in [2.24, 2.45) is 7.05 Å². The normalized spacial score (nSPS) is 13.7. The Morgan fingerprint density at radius 2 is 1.83 bits per heavy atom. The van der Waals surface area contributed by atoms with Gasteiger partial charge in [0.1, 0.15) is 11.4 Å². The van der Waals surface area contributed by atoms with Crippen LogP contribution in [0.4, 0.5) is 5.82 Å². The topological polar surface area (TPSA) is 129 Å². The van der Waals surface area contributed by atoms with Crippen molar-refractivity contribution in [3.8, 4) is 11.5 Å². The minimum absolute atomic E-state index is 0.0441. The molecule has 3 heterocycles. The lowest BCUT2D eigenvalue weighted by Gasteiger charge is -2.14. The Hall–Kier alpha value is -4.67. The van der Waals surface area contributed by atoms with Gasteiger partial charge in [0.05, 0.1) is 30.5 Å². The number of carbonyl (C=O) groups excluding carboxylic acids is 4. The van der Waals surface area contributed by atoms with E-state index in [1.54, 1.807) is 32.2 Å². The molecular weight excluding hydrogens is 456 g/mol. The molecule has 0 fully saturated rings. The number of nitrogens with zero attached hydrogens (tertiary/aromatic N) is 3. The van der Waals surface area contributed by atoms with Gasteiger partial charge in [0.25, 0.3) is 17.7 Å². The van der Waals surface area contributed by atoms with E-state index >= 15 is 0 Å². The summed E-state index contributed by atoms with van der Waals surface area (Å²) >= 11 is 0. The van der Waals surface area contributed by atoms with Crippen molar-refractivity contribution in [2.75, 3.05) is 18.7 Å². The van der Waals surface area contributed by atoms with E-state index in [1.807, 2.05) is 0 Å². The monoisotopic (exact) mass is 476 g/mol. The molecule has 1 N–H and O–H groups in total. The van der Waals surface area contributed by atoms with Crippen LogP contribution in [0, 0.1) is 0 Å². The molecule has 178 valence electrons. The molecule has 3 aromatic rings. The summed E-state index contributed by atoms with van der Waals surface area (Å²) in [4.78, 5) is 52.1. The van der Waals surface area contributed by atoms with Crippen molar-refractivity contribution < 1.29 is 33.4 Å².